The van der Waals surface area contributed by atoms with Crippen molar-refractivity contribution in [2.75, 3.05) is 0 Å². The van der Waals surface area contributed by atoms with E-state index in [0.29, 0.717) is 6.29 Å². The Morgan fingerprint density at radius 2 is 2.00 bits per heavy atom. The fourth-order valence-electron chi connectivity index (χ4n) is 1.38. The van der Waals surface area contributed by atoms with Gasteiger partial charge in [0.1, 0.15) is 6.29 Å². The monoisotopic (exact) mass is 207 g/mol. The van der Waals surface area contributed by atoms with Gasteiger partial charge in [0.15, 0.2) is 0 Å². The minimum Gasteiger partial charge on any atom is -0.481 e. The SMILES string of the molecule is NC(c1ccccc1)C(C=O)CC(=O)O. The minimum absolute atomic E-state index is 0.237. The summed E-state index contributed by atoms with van der Waals surface area (Å²) >= 11 is 0. The molecule has 0 radical (unpaired) electrons. The van der Waals surface area contributed by atoms with Crippen molar-refractivity contribution in [1.82, 2.24) is 0 Å². The van der Waals surface area contributed by atoms with Crippen LogP contribution in [0.4, 0.5) is 0 Å². The molecule has 4 nitrogen and oxygen atoms in total. The lowest BCUT2D eigenvalue weighted by atomic mass is 9.92. The Hall–Kier alpha value is -1.68. The lowest BCUT2D eigenvalue weighted by Gasteiger charge is -2.17. The molecule has 1 aromatic carbocycles. The highest BCUT2D eigenvalue weighted by atomic mass is 16.4. The maximum atomic E-state index is 10.7. The third kappa shape index (κ3) is 3.18. The van der Waals surface area contributed by atoms with Crippen molar-refractivity contribution < 1.29 is 14.7 Å². The maximum Gasteiger partial charge on any atom is 0.304 e. The summed E-state index contributed by atoms with van der Waals surface area (Å²) in [5, 5.41) is 8.60. The zero-order chi connectivity index (χ0) is 11.3. The number of carboxylic acid groups (broad SMARTS) is 1. The maximum absolute atomic E-state index is 10.7. The van der Waals surface area contributed by atoms with E-state index in [1.165, 1.54) is 0 Å². The molecule has 0 aliphatic rings. The van der Waals surface area contributed by atoms with Crippen LogP contribution in [0.1, 0.15) is 18.0 Å². The fraction of sp³-hybridized carbons (Fsp3) is 0.273. The molecular weight excluding hydrogens is 194 g/mol. The quantitative estimate of drug-likeness (QED) is 0.705. The zero-order valence-corrected chi connectivity index (χ0v) is 8.17. The van der Waals surface area contributed by atoms with Gasteiger partial charge in [0.2, 0.25) is 0 Å². The highest BCUT2D eigenvalue weighted by Crippen LogP contribution is 2.20. The average Bonchev–Trinajstić information content (AvgIpc) is 2.26. The normalized spacial score (nSPS) is 14.2. The van der Waals surface area contributed by atoms with Crippen LogP contribution in [0.5, 0.6) is 0 Å². The molecular formula is C11H13NO3. The van der Waals surface area contributed by atoms with E-state index in [1.807, 2.05) is 6.07 Å². The second-order valence-electron chi connectivity index (χ2n) is 3.33. The number of hydrogen-bond donors (Lipinski definition) is 2. The van der Waals surface area contributed by atoms with Gasteiger partial charge in [-0.2, -0.15) is 0 Å². The van der Waals surface area contributed by atoms with Crippen molar-refractivity contribution in [2.45, 2.75) is 12.5 Å². The molecule has 2 atom stereocenters. The molecule has 2 unspecified atom stereocenters. The fourth-order valence-corrected chi connectivity index (χ4v) is 1.38. The molecule has 0 amide bonds. The predicted molar refractivity (Wildman–Crippen MR) is 55.2 cm³/mol. The van der Waals surface area contributed by atoms with Crippen LogP contribution >= 0.6 is 0 Å². The zero-order valence-electron chi connectivity index (χ0n) is 8.17. The number of carbonyl (C=O) groups excluding carboxylic acids is 1. The van der Waals surface area contributed by atoms with E-state index in [2.05, 4.69) is 0 Å². The molecule has 0 bridgehead atoms. The summed E-state index contributed by atoms with van der Waals surface area (Å²) in [6.45, 7) is 0. The second kappa shape index (κ2) is 5.26. The molecule has 0 aromatic heterocycles. The van der Waals surface area contributed by atoms with Gasteiger partial charge in [0, 0.05) is 12.0 Å². The summed E-state index contributed by atoms with van der Waals surface area (Å²) in [5.74, 6) is -1.69. The molecule has 0 spiro atoms. The second-order valence-corrected chi connectivity index (χ2v) is 3.33. The summed E-state index contributed by atoms with van der Waals surface area (Å²) in [6, 6.07) is 8.45. The van der Waals surface area contributed by atoms with Crippen LogP contribution in [0.15, 0.2) is 30.3 Å². The van der Waals surface area contributed by atoms with Crippen LogP contribution in [0.25, 0.3) is 0 Å². The van der Waals surface area contributed by atoms with Crippen LogP contribution in [-0.4, -0.2) is 17.4 Å². The topological polar surface area (TPSA) is 80.4 Å². The van der Waals surface area contributed by atoms with Crippen molar-refractivity contribution in [2.24, 2.45) is 11.7 Å². The molecule has 1 rings (SSSR count). The Bertz CT molecular complexity index is 337. The van der Waals surface area contributed by atoms with Gasteiger partial charge in [-0.05, 0) is 5.56 Å². The summed E-state index contributed by atoms with van der Waals surface area (Å²) in [5.41, 5.74) is 6.58. The van der Waals surface area contributed by atoms with E-state index < -0.39 is 17.9 Å². The number of aldehydes is 1. The largest absolute Gasteiger partial charge is 0.481 e. The first-order valence-electron chi connectivity index (χ1n) is 4.62. The molecule has 15 heavy (non-hydrogen) atoms. The number of aliphatic carboxylic acids is 1. The Morgan fingerprint density at radius 1 is 1.40 bits per heavy atom. The van der Waals surface area contributed by atoms with E-state index in [1.54, 1.807) is 24.3 Å². The Morgan fingerprint density at radius 3 is 2.47 bits per heavy atom. The smallest absolute Gasteiger partial charge is 0.304 e. The number of carbonyl (C=O) groups is 2. The van der Waals surface area contributed by atoms with Gasteiger partial charge in [-0.25, -0.2) is 0 Å². The van der Waals surface area contributed by atoms with Crippen LogP contribution < -0.4 is 5.73 Å². The first-order valence-corrected chi connectivity index (χ1v) is 4.62. The van der Waals surface area contributed by atoms with Gasteiger partial charge in [-0.15, -0.1) is 0 Å². The molecule has 0 saturated carbocycles. The molecule has 4 heteroatoms. The third-order valence-corrected chi connectivity index (χ3v) is 2.23. The molecule has 0 fully saturated rings. The van der Waals surface area contributed by atoms with Gasteiger partial charge < -0.3 is 15.6 Å². The minimum atomic E-state index is -1.02. The predicted octanol–water partition coefficient (Wildman–Crippen LogP) is 0.976. The van der Waals surface area contributed by atoms with Crippen molar-refractivity contribution >= 4 is 12.3 Å². The highest BCUT2D eigenvalue weighted by molar-refractivity contribution is 5.72. The number of rotatable bonds is 5. The van der Waals surface area contributed by atoms with Crippen molar-refractivity contribution in [3.63, 3.8) is 0 Å². The summed E-state index contributed by atoms with van der Waals surface area (Å²) in [6.07, 6.45) is 0.366. The van der Waals surface area contributed by atoms with Crippen molar-refractivity contribution in [3.8, 4) is 0 Å². The highest BCUT2D eigenvalue weighted by Gasteiger charge is 2.21. The molecule has 3 N–H and O–H groups in total. The lowest BCUT2D eigenvalue weighted by molar-refractivity contribution is -0.139. The number of hydrogen-bond acceptors (Lipinski definition) is 3. The van der Waals surface area contributed by atoms with E-state index in [9.17, 15) is 9.59 Å². The third-order valence-electron chi connectivity index (χ3n) is 2.23. The van der Waals surface area contributed by atoms with Crippen molar-refractivity contribution in [3.05, 3.63) is 35.9 Å². The first kappa shape index (κ1) is 11.4. The van der Waals surface area contributed by atoms with Gasteiger partial charge in [0.05, 0.1) is 6.42 Å². The van der Waals surface area contributed by atoms with E-state index >= 15 is 0 Å². The standard InChI is InChI=1S/C11H13NO3/c12-11(8-4-2-1-3-5-8)9(7-13)6-10(14)15/h1-5,7,9,11H,6,12H2,(H,14,15). The molecule has 80 valence electrons. The van der Waals surface area contributed by atoms with Crippen LogP contribution in [0.2, 0.25) is 0 Å². The summed E-state index contributed by atoms with van der Waals surface area (Å²) in [7, 11) is 0. The van der Waals surface area contributed by atoms with E-state index in [4.69, 9.17) is 10.8 Å². The number of carboxylic acids is 1. The summed E-state index contributed by atoms with van der Waals surface area (Å²) < 4.78 is 0. The molecule has 0 saturated heterocycles. The Kier molecular flexibility index (Phi) is 4.00. The summed E-state index contributed by atoms with van der Waals surface area (Å²) in [4.78, 5) is 21.2. The van der Waals surface area contributed by atoms with Gasteiger partial charge in [-0.1, -0.05) is 30.3 Å². The van der Waals surface area contributed by atoms with Gasteiger partial charge in [0.25, 0.3) is 0 Å². The molecule has 0 aliphatic carbocycles. The van der Waals surface area contributed by atoms with Gasteiger partial charge in [-0.3, -0.25) is 4.79 Å². The van der Waals surface area contributed by atoms with Crippen molar-refractivity contribution in [1.29, 1.82) is 0 Å². The van der Waals surface area contributed by atoms with Crippen LogP contribution in [0, 0.1) is 5.92 Å². The van der Waals surface area contributed by atoms with Crippen LogP contribution in [-0.2, 0) is 9.59 Å². The lowest BCUT2D eigenvalue weighted by Crippen LogP contribution is -2.24. The van der Waals surface area contributed by atoms with E-state index in [-0.39, 0.29) is 6.42 Å². The first-order chi connectivity index (χ1) is 7.15. The Labute approximate surface area is 87.7 Å². The molecule has 1 aromatic rings. The molecule has 0 heterocycles. The molecule has 0 aliphatic heterocycles. The van der Waals surface area contributed by atoms with Gasteiger partial charge >= 0.3 is 5.97 Å². The number of benzene rings is 1. The van der Waals surface area contributed by atoms with E-state index in [0.717, 1.165) is 5.56 Å². The van der Waals surface area contributed by atoms with Crippen LogP contribution in [0.3, 0.4) is 0 Å². The average molecular weight is 207 g/mol. The number of nitrogens with two attached hydrogens (primary N) is 1. The Balaban J connectivity index is 2.77.